The molecule has 9 heteroatoms. The Balaban J connectivity index is 2.48. The van der Waals surface area contributed by atoms with Gasteiger partial charge in [-0.15, -0.1) is 0 Å². The first-order valence-electron chi connectivity index (χ1n) is 10.9. The highest BCUT2D eigenvalue weighted by atomic mass is 16.6. The fourth-order valence-electron chi connectivity index (χ4n) is 2.39. The summed E-state index contributed by atoms with van der Waals surface area (Å²) in [6.45, 7) is 16.1. The molecule has 1 aromatic carbocycles. The van der Waals surface area contributed by atoms with Gasteiger partial charge in [0.05, 0.1) is 50.9 Å². The summed E-state index contributed by atoms with van der Waals surface area (Å²) in [7, 11) is 1.62. The van der Waals surface area contributed by atoms with E-state index in [2.05, 4.69) is 44.6 Å². The molecule has 0 spiro atoms. The van der Waals surface area contributed by atoms with Crippen LogP contribution in [0.15, 0.2) is 17.2 Å². The van der Waals surface area contributed by atoms with Crippen molar-refractivity contribution in [3.63, 3.8) is 0 Å². The van der Waals surface area contributed by atoms with Gasteiger partial charge in [0, 0.05) is 18.1 Å². The molecule has 9 nitrogen and oxygen atoms in total. The van der Waals surface area contributed by atoms with Gasteiger partial charge in [0.15, 0.2) is 0 Å². The molecule has 0 unspecified atom stereocenters. The number of benzene rings is 1. The molecule has 0 saturated carbocycles. The zero-order valence-corrected chi connectivity index (χ0v) is 20.6. The van der Waals surface area contributed by atoms with Gasteiger partial charge >= 0.3 is 0 Å². The van der Waals surface area contributed by atoms with Crippen LogP contribution in [-0.2, 0) is 18.9 Å². The van der Waals surface area contributed by atoms with E-state index >= 15 is 0 Å². The summed E-state index contributed by atoms with van der Waals surface area (Å²) in [4.78, 5) is 2.87. The van der Waals surface area contributed by atoms with Gasteiger partial charge in [-0.2, -0.15) is 0 Å². The Morgan fingerprint density at radius 3 is 1.94 bits per heavy atom. The summed E-state index contributed by atoms with van der Waals surface area (Å²) in [6.07, 6.45) is 0. The van der Waals surface area contributed by atoms with Gasteiger partial charge in [0.2, 0.25) is 0 Å². The predicted molar refractivity (Wildman–Crippen MR) is 124 cm³/mol. The van der Waals surface area contributed by atoms with E-state index in [9.17, 15) is 0 Å². The van der Waals surface area contributed by atoms with Crippen LogP contribution in [-0.4, -0.2) is 65.6 Å². The van der Waals surface area contributed by atoms with Crippen molar-refractivity contribution in [2.24, 2.45) is 10.5 Å². The normalized spacial score (nSPS) is 11.8. The summed E-state index contributed by atoms with van der Waals surface area (Å²) in [5.41, 5.74) is 9.88. The number of rotatable bonds is 16. The molecule has 1 aromatic rings. The van der Waals surface area contributed by atoms with E-state index in [1.165, 1.54) is 0 Å². The van der Waals surface area contributed by atoms with E-state index in [0.29, 0.717) is 70.0 Å². The van der Waals surface area contributed by atoms with Crippen LogP contribution in [0.4, 0.5) is 5.69 Å². The van der Waals surface area contributed by atoms with Crippen LogP contribution in [0.5, 0.6) is 11.5 Å². The smallest absolute Gasteiger partial charge is 0.132 e. The number of aryl methyl sites for hydroxylation is 1. The summed E-state index contributed by atoms with van der Waals surface area (Å²) < 4.78 is 33.5. The van der Waals surface area contributed by atoms with Gasteiger partial charge in [-0.3, -0.25) is 0 Å². The minimum Gasteiger partial charge on any atom is -0.491 e. The third-order valence-corrected chi connectivity index (χ3v) is 5.31. The van der Waals surface area contributed by atoms with Crippen molar-refractivity contribution in [2.45, 2.75) is 47.1 Å². The maximum Gasteiger partial charge on any atom is 0.132 e. The SMILES string of the molecule is COCCOCCOc1cc(OCCOCCOC(C)(C)C(C)(C)C)c(C)cc1N=[N+]=[N-]. The molecule has 32 heavy (non-hydrogen) atoms. The Labute approximate surface area is 191 Å². The predicted octanol–water partition coefficient (Wildman–Crippen LogP) is 5.22. The monoisotopic (exact) mass is 453 g/mol. The van der Waals surface area contributed by atoms with Gasteiger partial charge in [-0.25, -0.2) is 0 Å². The van der Waals surface area contributed by atoms with E-state index in [1.54, 1.807) is 19.2 Å². The van der Waals surface area contributed by atoms with Gasteiger partial charge in [0.1, 0.15) is 24.7 Å². The van der Waals surface area contributed by atoms with Crippen LogP contribution in [0.1, 0.15) is 40.2 Å². The quantitative estimate of drug-likeness (QED) is 0.147. The molecule has 0 aromatic heterocycles. The lowest BCUT2D eigenvalue weighted by atomic mass is 9.79. The minimum absolute atomic E-state index is 0.0468. The van der Waals surface area contributed by atoms with Crippen molar-refractivity contribution < 1.29 is 28.4 Å². The number of hydrogen-bond donors (Lipinski definition) is 0. The van der Waals surface area contributed by atoms with Crippen molar-refractivity contribution in [2.75, 3.05) is 60.0 Å². The summed E-state index contributed by atoms with van der Waals surface area (Å²) in [5, 5.41) is 3.70. The Morgan fingerprint density at radius 2 is 1.38 bits per heavy atom. The lowest BCUT2D eigenvalue weighted by molar-refractivity contribution is -0.106. The summed E-state index contributed by atoms with van der Waals surface area (Å²) >= 11 is 0. The minimum atomic E-state index is -0.233. The van der Waals surface area contributed by atoms with Crippen molar-refractivity contribution in [1.82, 2.24) is 0 Å². The Hall–Kier alpha value is -2.03. The molecule has 0 bridgehead atoms. The van der Waals surface area contributed by atoms with Gasteiger partial charge in [-0.05, 0) is 43.3 Å². The highest BCUT2D eigenvalue weighted by molar-refractivity contribution is 5.58. The molecule has 0 aliphatic rings. The van der Waals surface area contributed by atoms with Crippen LogP contribution < -0.4 is 9.47 Å². The van der Waals surface area contributed by atoms with Crippen LogP contribution in [0.3, 0.4) is 0 Å². The molecule has 0 atom stereocenters. The third kappa shape index (κ3) is 10.1. The summed E-state index contributed by atoms with van der Waals surface area (Å²) in [6, 6.07) is 3.46. The lowest BCUT2D eigenvalue weighted by Crippen LogP contribution is -2.40. The molecule has 0 saturated heterocycles. The molecule has 0 N–H and O–H groups in total. The number of methoxy groups -OCH3 is 1. The second-order valence-corrected chi connectivity index (χ2v) is 8.80. The maximum atomic E-state index is 8.82. The van der Waals surface area contributed by atoms with Crippen LogP contribution in [0.2, 0.25) is 0 Å². The van der Waals surface area contributed by atoms with E-state index in [4.69, 9.17) is 34.0 Å². The molecule has 182 valence electrons. The lowest BCUT2D eigenvalue weighted by Gasteiger charge is -2.38. The van der Waals surface area contributed by atoms with Crippen molar-refractivity contribution >= 4 is 5.69 Å². The standard InChI is InChI=1S/C23H39N3O6/c1-18-16-19(25-26-24)21(31-14-11-28-9-8-27-7)17-20(18)30-13-10-29-12-15-32-23(5,6)22(2,3)4/h16-17H,8-15H2,1-7H3. The Bertz CT molecular complexity index is 727. The zero-order chi connectivity index (χ0) is 24.0. The van der Waals surface area contributed by atoms with Gasteiger partial charge in [0.25, 0.3) is 0 Å². The molecule has 0 aliphatic carbocycles. The number of nitrogens with zero attached hydrogens (tertiary/aromatic N) is 3. The third-order valence-electron chi connectivity index (χ3n) is 5.31. The van der Waals surface area contributed by atoms with Crippen molar-refractivity contribution in [1.29, 1.82) is 0 Å². The maximum absolute atomic E-state index is 8.82. The molecule has 0 heterocycles. The fraction of sp³-hybridized carbons (Fsp3) is 0.739. The molecule has 0 amide bonds. The first-order chi connectivity index (χ1) is 15.1. The number of azide groups is 1. The second-order valence-electron chi connectivity index (χ2n) is 8.80. The molecule has 0 aliphatic heterocycles. The van der Waals surface area contributed by atoms with E-state index in [1.807, 2.05) is 6.92 Å². The fourth-order valence-corrected chi connectivity index (χ4v) is 2.39. The van der Waals surface area contributed by atoms with E-state index in [0.717, 1.165) is 5.56 Å². The van der Waals surface area contributed by atoms with Crippen LogP contribution >= 0.6 is 0 Å². The first-order valence-corrected chi connectivity index (χ1v) is 10.9. The largest absolute Gasteiger partial charge is 0.491 e. The first kappa shape index (κ1) is 28.0. The summed E-state index contributed by atoms with van der Waals surface area (Å²) in [5.74, 6) is 1.09. The zero-order valence-electron chi connectivity index (χ0n) is 20.6. The molecule has 1 rings (SSSR count). The van der Waals surface area contributed by atoms with Gasteiger partial charge in [-0.1, -0.05) is 25.9 Å². The second kappa shape index (κ2) is 14.2. The molecular formula is C23H39N3O6. The van der Waals surface area contributed by atoms with Crippen LogP contribution in [0, 0.1) is 12.3 Å². The average Bonchev–Trinajstić information content (AvgIpc) is 2.71. The van der Waals surface area contributed by atoms with Gasteiger partial charge < -0.3 is 28.4 Å². The van der Waals surface area contributed by atoms with E-state index in [-0.39, 0.29) is 11.0 Å². The Morgan fingerprint density at radius 1 is 0.812 bits per heavy atom. The number of hydrogen-bond acceptors (Lipinski definition) is 7. The molecule has 0 fully saturated rings. The highest BCUT2D eigenvalue weighted by Crippen LogP contribution is 2.35. The highest BCUT2D eigenvalue weighted by Gasteiger charge is 2.33. The molecular weight excluding hydrogens is 414 g/mol. The topological polar surface area (TPSA) is 104 Å². The van der Waals surface area contributed by atoms with Crippen molar-refractivity contribution in [3.8, 4) is 11.5 Å². The average molecular weight is 454 g/mol. The number of ether oxygens (including phenoxy) is 6. The van der Waals surface area contributed by atoms with E-state index < -0.39 is 0 Å². The van der Waals surface area contributed by atoms with Crippen LogP contribution in [0.25, 0.3) is 10.4 Å². The molecule has 0 radical (unpaired) electrons. The van der Waals surface area contributed by atoms with Crippen molar-refractivity contribution in [3.05, 3.63) is 28.1 Å². The Kier molecular flexibility index (Phi) is 12.4.